The first-order chi connectivity index (χ1) is 10.4. The van der Waals surface area contributed by atoms with Crippen LogP contribution in [0.4, 0.5) is 0 Å². The molecule has 0 fully saturated rings. The van der Waals surface area contributed by atoms with Gasteiger partial charge in [-0.1, -0.05) is 29.8 Å². The van der Waals surface area contributed by atoms with Gasteiger partial charge in [0.2, 0.25) is 0 Å². The van der Waals surface area contributed by atoms with Gasteiger partial charge in [0, 0.05) is 22.8 Å². The molecule has 0 aliphatic carbocycles. The number of rotatable bonds is 6. The second-order valence-electron chi connectivity index (χ2n) is 5.68. The highest BCUT2D eigenvalue weighted by Crippen LogP contribution is 2.22. The normalized spacial score (nSPS) is 11.4. The highest BCUT2D eigenvalue weighted by atomic mass is 79.9. The van der Waals surface area contributed by atoms with E-state index in [-0.39, 0.29) is 12.5 Å². The summed E-state index contributed by atoms with van der Waals surface area (Å²) in [6.45, 7) is 4.77. The summed E-state index contributed by atoms with van der Waals surface area (Å²) >= 11 is 3.42. The van der Waals surface area contributed by atoms with E-state index in [0.29, 0.717) is 6.54 Å². The first kappa shape index (κ1) is 16.7. The van der Waals surface area contributed by atoms with Gasteiger partial charge in [-0.3, -0.25) is 9.69 Å². The largest absolute Gasteiger partial charge is 0.480 e. The molecule has 0 aliphatic heterocycles. The van der Waals surface area contributed by atoms with Gasteiger partial charge in [-0.05, 0) is 37.2 Å². The second kappa shape index (κ2) is 7.07. The maximum absolute atomic E-state index is 10.8. The lowest BCUT2D eigenvalue weighted by molar-refractivity contribution is -0.138. The molecule has 0 amide bonds. The number of carbonyl (C=O) groups is 1. The summed E-state index contributed by atoms with van der Waals surface area (Å²) in [5.41, 5.74) is 3.04. The van der Waals surface area contributed by atoms with Crippen LogP contribution in [0.25, 0.3) is 5.69 Å². The molecular weight excluding hydrogens is 346 g/mol. The molecule has 0 unspecified atom stereocenters. The summed E-state index contributed by atoms with van der Waals surface area (Å²) in [6.07, 6.45) is 1.98. The van der Waals surface area contributed by atoms with E-state index in [1.165, 1.54) is 0 Å². The lowest BCUT2D eigenvalue weighted by Crippen LogP contribution is -2.25. The highest BCUT2D eigenvalue weighted by molar-refractivity contribution is 9.10. The number of hydrogen-bond donors (Lipinski definition) is 1. The zero-order valence-electron chi connectivity index (χ0n) is 13.0. The van der Waals surface area contributed by atoms with Crippen LogP contribution in [0.3, 0.4) is 0 Å². The van der Waals surface area contributed by atoms with Gasteiger partial charge >= 0.3 is 5.97 Å². The zero-order valence-corrected chi connectivity index (χ0v) is 14.5. The van der Waals surface area contributed by atoms with Gasteiger partial charge in [-0.2, -0.15) is 5.10 Å². The van der Waals surface area contributed by atoms with Gasteiger partial charge in [0.25, 0.3) is 0 Å². The molecule has 6 heteroatoms. The molecule has 118 valence electrons. The number of benzene rings is 1. The number of hydrogen-bond acceptors (Lipinski definition) is 3. The first-order valence-corrected chi connectivity index (χ1v) is 7.91. The van der Waals surface area contributed by atoms with Crippen molar-refractivity contribution in [3.8, 4) is 5.69 Å². The fourth-order valence-corrected chi connectivity index (χ4v) is 2.60. The molecule has 0 saturated heterocycles. The lowest BCUT2D eigenvalue weighted by atomic mass is 10.1. The number of carboxylic acids is 1. The third kappa shape index (κ3) is 4.18. The van der Waals surface area contributed by atoms with Crippen molar-refractivity contribution >= 4 is 21.9 Å². The Hall–Kier alpha value is -1.66. The minimum absolute atomic E-state index is 0.0149. The third-order valence-corrected chi connectivity index (χ3v) is 3.83. The van der Waals surface area contributed by atoms with Crippen LogP contribution in [0.15, 0.2) is 34.9 Å². The Morgan fingerprint density at radius 3 is 2.55 bits per heavy atom. The summed E-state index contributed by atoms with van der Waals surface area (Å²) in [7, 11) is 1.80. The summed E-state index contributed by atoms with van der Waals surface area (Å²) in [4.78, 5) is 12.6. The van der Waals surface area contributed by atoms with E-state index < -0.39 is 5.97 Å². The molecular formula is C16H20BrN3O2. The Kier molecular flexibility index (Phi) is 5.37. The van der Waals surface area contributed by atoms with E-state index in [4.69, 9.17) is 5.11 Å². The molecule has 0 atom stereocenters. The van der Waals surface area contributed by atoms with Gasteiger partial charge < -0.3 is 5.11 Å². The van der Waals surface area contributed by atoms with E-state index in [1.807, 2.05) is 35.1 Å². The molecule has 0 aliphatic rings. The molecule has 5 nitrogen and oxygen atoms in total. The van der Waals surface area contributed by atoms with E-state index in [9.17, 15) is 4.79 Å². The molecule has 0 spiro atoms. The van der Waals surface area contributed by atoms with Crippen LogP contribution in [-0.4, -0.2) is 39.3 Å². The van der Waals surface area contributed by atoms with E-state index in [0.717, 1.165) is 21.4 Å². The topological polar surface area (TPSA) is 58.4 Å². The Bertz CT molecular complexity index is 650. The number of likely N-dealkylation sites (N-methyl/N-ethyl adjacent to an activating group) is 1. The number of aliphatic carboxylic acids is 1. The molecule has 0 bridgehead atoms. The average molecular weight is 366 g/mol. The summed E-state index contributed by atoms with van der Waals surface area (Å²) in [6, 6.07) is 7.93. The Morgan fingerprint density at radius 1 is 1.36 bits per heavy atom. The zero-order chi connectivity index (χ0) is 16.3. The minimum atomic E-state index is -0.825. The number of aromatic nitrogens is 2. The van der Waals surface area contributed by atoms with Crippen molar-refractivity contribution in [1.29, 1.82) is 0 Å². The molecule has 0 saturated carbocycles. The maximum Gasteiger partial charge on any atom is 0.317 e. The van der Waals surface area contributed by atoms with E-state index >= 15 is 0 Å². The number of halogens is 1. The minimum Gasteiger partial charge on any atom is -0.480 e. The van der Waals surface area contributed by atoms with E-state index in [2.05, 4.69) is 34.9 Å². The summed E-state index contributed by atoms with van der Waals surface area (Å²) in [5, 5.41) is 13.6. The summed E-state index contributed by atoms with van der Waals surface area (Å²) < 4.78 is 2.88. The van der Waals surface area contributed by atoms with Crippen molar-refractivity contribution in [2.75, 3.05) is 13.6 Å². The fraction of sp³-hybridized carbons (Fsp3) is 0.375. The number of carboxylic acid groups (broad SMARTS) is 1. The van der Waals surface area contributed by atoms with Crippen molar-refractivity contribution in [1.82, 2.24) is 14.7 Å². The third-order valence-electron chi connectivity index (χ3n) is 3.31. The molecule has 2 aromatic rings. The Balaban J connectivity index is 2.29. The molecule has 2 rings (SSSR count). The van der Waals surface area contributed by atoms with Crippen molar-refractivity contribution in [3.63, 3.8) is 0 Å². The van der Waals surface area contributed by atoms with Crippen LogP contribution in [0.1, 0.15) is 31.0 Å². The van der Waals surface area contributed by atoms with Gasteiger partial charge in [0.15, 0.2) is 0 Å². The lowest BCUT2D eigenvalue weighted by Gasteiger charge is -2.14. The predicted molar refractivity (Wildman–Crippen MR) is 89.3 cm³/mol. The fourth-order valence-electron chi connectivity index (χ4n) is 2.33. The van der Waals surface area contributed by atoms with E-state index in [1.54, 1.807) is 11.9 Å². The monoisotopic (exact) mass is 365 g/mol. The van der Waals surface area contributed by atoms with Crippen LogP contribution in [0.2, 0.25) is 0 Å². The van der Waals surface area contributed by atoms with Gasteiger partial charge in [0.1, 0.15) is 0 Å². The Labute approximate surface area is 138 Å². The molecule has 1 aromatic carbocycles. The quantitative estimate of drug-likeness (QED) is 0.853. The van der Waals surface area contributed by atoms with Gasteiger partial charge in [-0.25, -0.2) is 4.68 Å². The van der Waals surface area contributed by atoms with Crippen LogP contribution in [0.5, 0.6) is 0 Å². The van der Waals surface area contributed by atoms with Crippen LogP contribution < -0.4 is 0 Å². The van der Waals surface area contributed by atoms with Crippen molar-refractivity contribution in [2.45, 2.75) is 26.3 Å². The SMILES string of the molecule is CC(C)c1nn(-c2ccc(Br)cc2)cc1CN(C)CC(=O)O. The second-order valence-corrected chi connectivity index (χ2v) is 6.60. The smallest absolute Gasteiger partial charge is 0.317 e. The van der Waals surface area contributed by atoms with Gasteiger partial charge in [-0.15, -0.1) is 0 Å². The summed E-state index contributed by atoms with van der Waals surface area (Å²) in [5.74, 6) is -0.543. The average Bonchev–Trinajstić information content (AvgIpc) is 2.82. The van der Waals surface area contributed by atoms with Crippen LogP contribution in [0, 0.1) is 0 Å². The molecule has 22 heavy (non-hydrogen) atoms. The standard InChI is InChI=1S/C16H20BrN3O2/c1-11(2)16-12(8-19(3)10-15(21)22)9-20(18-16)14-6-4-13(17)5-7-14/h4-7,9,11H,8,10H2,1-3H3,(H,21,22). The molecule has 0 radical (unpaired) electrons. The molecule has 1 heterocycles. The maximum atomic E-state index is 10.8. The van der Waals surface area contributed by atoms with Gasteiger partial charge in [0.05, 0.1) is 17.9 Å². The molecule has 1 N–H and O–H groups in total. The molecule has 1 aromatic heterocycles. The Morgan fingerprint density at radius 2 is 2.00 bits per heavy atom. The van der Waals surface area contributed by atoms with Crippen LogP contribution in [-0.2, 0) is 11.3 Å². The first-order valence-electron chi connectivity index (χ1n) is 7.11. The van der Waals surface area contributed by atoms with Crippen molar-refractivity contribution in [2.24, 2.45) is 0 Å². The predicted octanol–water partition coefficient (Wildman–Crippen LogP) is 3.27. The highest BCUT2D eigenvalue weighted by Gasteiger charge is 2.16. The van der Waals surface area contributed by atoms with Crippen LogP contribution >= 0.6 is 15.9 Å². The van der Waals surface area contributed by atoms with Crippen molar-refractivity contribution in [3.05, 3.63) is 46.2 Å². The van der Waals surface area contributed by atoms with Crippen molar-refractivity contribution < 1.29 is 9.90 Å². The number of nitrogens with zero attached hydrogens (tertiary/aromatic N) is 3.